The molecule has 0 rings (SSSR count). The minimum absolute atomic E-state index is 0.0318. The van der Waals surface area contributed by atoms with Gasteiger partial charge in [0.25, 0.3) is 0 Å². The van der Waals surface area contributed by atoms with Crippen LogP contribution in [0.3, 0.4) is 0 Å². The minimum Gasteiger partial charge on any atom is -0.456 e. The van der Waals surface area contributed by atoms with Gasteiger partial charge in [-0.1, -0.05) is 292 Å². The lowest BCUT2D eigenvalue weighted by Gasteiger charge is -2.27. The first-order valence-corrected chi connectivity index (χ1v) is 37.1. The molecular weight excluding hydrogens is 1070 g/mol. The Kier molecular flexibility index (Phi) is 61.6. The fourth-order valence-corrected chi connectivity index (χ4v) is 10.8. The van der Waals surface area contributed by atoms with E-state index in [0.29, 0.717) is 23.9 Å². The molecule has 0 aromatic carbocycles. The van der Waals surface area contributed by atoms with Gasteiger partial charge in [-0.3, -0.25) is 18.6 Å². The second-order valence-electron chi connectivity index (χ2n) is 25.0. The largest absolute Gasteiger partial charge is 0.472 e. The molecule has 3 atom stereocenters. The monoisotopic (exact) mass is 1210 g/mol. The summed E-state index contributed by atoms with van der Waals surface area (Å²) in [4.78, 5) is 37.9. The maximum atomic E-state index is 13.6. The summed E-state index contributed by atoms with van der Waals surface area (Å²) in [5.74, 6) is -0.537. The van der Waals surface area contributed by atoms with Crippen LogP contribution in [0.1, 0.15) is 316 Å². The van der Waals surface area contributed by atoms with Crippen LogP contribution >= 0.6 is 7.82 Å². The van der Waals surface area contributed by atoms with Crippen LogP contribution in [-0.4, -0.2) is 74.3 Å². The Morgan fingerprint density at radius 2 is 0.753 bits per heavy atom. The highest BCUT2D eigenvalue weighted by Crippen LogP contribution is 2.43. The number of esters is 1. The average molecular weight is 1210 g/mol. The van der Waals surface area contributed by atoms with E-state index in [-0.39, 0.29) is 31.5 Å². The molecular formula is C75H136N2O7P+. The van der Waals surface area contributed by atoms with E-state index in [9.17, 15) is 19.0 Å². The highest BCUT2D eigenvalue weighted by atomic mass is 31.2. The number of phosphoric acid groups is 1. The molecule has 2 N–H and O–H groups in total. The van der Waals surface area contributed by atoms with Gasteiger partial charge < -0.3 is 19.4 Å². The molecule has 85 heavy (non-hydrogen) atoms. The lowest BCUT2D eigenvalue weighted by atomic mass is 10.0. The van der Waals surface area contributed by atoms with Gasteiger partial charge in [0, 0.05) is 12.8 Å². The van der Waals surface area contributed by atoms with Crippen molar-refractivity contribution in [1.29, 1.82) is 0 Å². The van der Waals surface area contributed by atoms with Crippen LogP contribution in [0.25, 0.3) is 0 Å². The lowest BCUT2D eigenvalue weighted by Crippen LogP contribution is -2.47. The number of nitrogens with one attached hydrogen (secondary N) is 1. The summed E-state index contributed by atoms with van der Waals surface area (Å²) in [6.07, 6.45) is 87.1. The molecule has 0 spiro atoms. The summed E-state index contributed by atoms with van der Waals surface area (Å²) >= 11 is 0. The van der Waals surface area contributed by atoms with Crippen LogP contribution in [0.4, 0.5) is 0 Å². The van der Waals surface area contributed by atoms with Gasteiger partial charge in [0.2, 0.25) is 5.91 Å². The molecule has 492 valence electrons. The van der Waals surface area contributed by atoms with Gasteiger partial charge in [0.15, 0.2) is 0 Å². The molecule has 0 saturated heterocycles. The number of rotatable bonds is 64. The van der Waals surface area contributed by atoms with Crippen molar-refractivity contribution in [2.24, 2.45) is 0 Å². The van der Waals surface area contributed by atoms with E-state index in [1.165, 1.54) is 180 Å². The molecule has 0 aromatic rings. The smallest absolute Gasteiger partial charge is 0.456 e. The Labute approximate surface area is 526 Å². The summed E-state index contributed by atoms with van der Waals surface area (Å²) in [6, 6.07) is -0.867. The van der Waals surface area contributed by atoms with Crippen molar-refractivity contribution in [2.75, 3.05) is 40.9 Å². The first-order valence-electron chi connectivity index (χ1n) is 35.6. The number of quaternary nitrogens is 1. The van der Waals surface area contributed by atoms with Crippen molar-refractivity contribution >= 4 is 19.7 Å². The number of unbranched alkanes of at least 4 members (excludes halogenated alkanes) is 34. The van der Waals surface area contributed by atoms with E-state index < -0.39 is 20.0 Å². The molecule has 0 aliphatic heterocycles. The Balaban J connectivity index is 5.10. The summed E-state index contributed by atoms with van der Waals surface area (Å²) in [5, 5.41) is 3.06. The van der Waals surface area contributed by atoms with Crippen molar-refractivity contribution in [3.8, 4) is 0 Å². The number of likely N-dealkylation sites (N-methyl/N-ethyl adjacent to an activating group) is 1. The van der Waals surface area contributed by atoms with Crippen molar-refractivity contribution in [3.05, 3.63) is 97.2 Å². The van der Waals surface area contributed by atoms with Crippen LogP contribution < -0.4 is 5.32 Å². The minimum atomic E-state index is -4.47. The SMILES string of the molecule is CC/C=C\C/C=C\C/C=C\C/C=C\C/C=C\CCCCCC(=O)OC(/C=C\CCCCCCCCCCCCC)C(COP(=O)(O)OCC[N+](C)(C)C)NC(=O)CCCCCCCCCCCCCCCCCCC/C=C\C/C=C\CCCCC. The third-order valence-corrected chi connectivity index (χ3v) is 16.5. The quantitative estimate of drug-likeness (QED) is 0.0205. The van der Waals surface area contributed by atoms with Gasteiger partial charge in [0.1, 0.15) is 19.3 Å². The number of hydrogen-bond donors (Lipinski definition) is 2. The van der Waals surface area contributed by atoms with Gasteiger partial charge in [-0.2, -0.15) is 0 Å². The molecule has 0 fully saturated rings. The standard InChI is InChI=1S/C75H135N2O7P/c1-7-10-13-16-19-22-25-28-30-32-34-35-36-37-38-39-40-41-43-44-46-49-52-55-58-61-64-67-74(78)76-72(71-83-85(80,81)82-70-69-77(4,5)6)73(66-63-60-57-54-51-48-27-24-21-18-15-12-9-3)84-75(79)68-65-62-59-56-53-50-47-45-42-33-31-29-26-23-20-17-14-11-8-2/h11,14,19-20,22-23,28-31,42,45,50,53,63,66,72-73H,7-10,12-13,15-18,21,24-27,32-41,43-44,46-49,51-52,54-62,64-65,67-71H2,1-6H3,(H-,76,78,80,81)/p+1/b14-11-,22-19-,23-20-,30-28-,31-29-,45-42-,53-50-,66-63-. The third kappa shape index (κ3) is 65.2. The highest BCUT2D eigenvalue weighted by molar-refractivity contribution is 7.47. The molecule has 0 aromatic heterocycles. The molecule has 0 radical (unpaired) electrons. The molecule has 0 bridgehead atoms. The number of amides is 1. The number of phosphoric ester groups is 1. The number of nitrogens with zero attached hydrogens (tertiary/aromatic N) is 1. The fourth-order valence-electron chi connectivity index (χ4n) is 10.1. The number of allylic oxidation sites excluding steroid dienone is 15. The molecule has 0 heterocycles. The summed E-state index contributed by atoms with van der Waals surface area (Å²) < 4.78 is 30.8. The highest BCUT2D eigenvalue weighted by Gasteiger charge is 2.30. The van der Waals surface area contributed by atoms with Gasteiger partial charge >= 0.3 is 13.8 Å². The predicted octanol–water partition coefficient (Wildman–Crippen LogP) is 22.7. The van der Waals surface area contributed by atoms with Gasteiger partial charge in [-0.15, -0.1) is 0 Å². The van der Waals surface area contributed by atoms with E-state index in [4.69, 9.17) is 13.8 Å². The Morgan fingerprint density at radius 3 is 1.16 bits per heavy atom. The second-order valence-corrected chi connectivity index (χ2v) is 26.5. The fraction of sp³-hybridized carbons (Fsp3) is 0.760. The third-order valence-electron chi connectivity index (χ3n) is 15.5. The Hall–Kier alpha value is -3.07. The molecule has 0 saturated carbocycles. The zero-order chi connectivity index (χ0) is 62.1. The van der Waals surface area contributed by atoms with Crippen molar-refractivity contribution < 1.29 is 37.3 Å². The molecule has 0 aliphatic rings. The first kappa shape index (κ1) is 81.9. The van der Waals surface area contributed by atoms with Crippen LogP contribution in [0.2, 0.25) is 0 Å². The molecule has 9 nitrogen and oxygen atoms in total. The van der Waals surface area contributed by atoms with Crippen LogP contribution in [-0.2, 0) is 27.9 Å². The lowest BCUT2D eigenvalue weighted by molar-refractivity contribution is -0.870. The summed E-state index contributed by atoms with van der Waals surface area (Å²) in [6.45, 7) is 6.88. The first-order chi connectivity index (χ1) is 41.4. The van der Waals surface area contributed by atoms with Crippen LogP contribution in [0, 0.1) is 0 Å². The predicted molar refractivity (Wildman–Crippen MR) is 369 cm³/mol. The summed E-state index contributed by atoms with van der Waals surface area (Å²) in [5.41, 5.74) is 0. The van der Waals surface area contributed by atoms with E-state index in [1.807, 2.05) is 33.3 Å². The Morgan fingerprint density at radius 1 is 0.424 bits per heavy atom. The van der Waals surface area contributed by atoms with Crippen molar-refractivity contribution in [2.45, 2.75) is 328 Å². The van der Waals surface area contributed by atoms with E-state index in [0.717, 1.165) is 96.3 Å². The molecule has 10 heteroatoms. The maximum absolute atomic E-state index is 13.6. The number of carbonyl (C=O) groups excluding carboxylic acids is 2. The number of ether oxygens (including phenoxy) is 1. The molecule has 1 amide bonds. The number of carbonyl (C=O) groups is 2. The van der Waals surface area contributed by atoms with Crippen molar-refractivity contribution in [3.63, 3.8) is 0 Å². The zero-order valence-electron chi connectivity index (χ0n) is 56.3. The van der Waals surface area contributed by atoms with E-state index >= 15 is 0 Å². The number of hydrogen-bond acceptors (Lipinski definition) is 6. The van der Waals surface area contributed by atoms with Crippen molar-refractivity contribution in [1.82, 2.24) is 5.32 Å². The Bertz CT molecular complexity index is 1780. The van der Waals surface area contributed by atoms with E-state index in [1.54, 1.807) is 0 Å². The van der Waals surface area contributed by atoms with Crippen LogP contribution in [0.15, 0.2) is 97.2 Å². The second kappa shape index (κ2) is 63.9. The topological polar surface area (TPSA) is 111 Å². The zero-order valence-corrected chi connectivity index (χ0v) is 57.2. The van der Waals surface area contributed by atoms with Gasteiger partial charge in [0.05, 0.1) is 33.8 Å². The average Bonchev–Trinajstić information content (AvgIpc) is 3.50. The van der Waals surface area contributed by atoms with Gasteiger partial charge in [-0.05, 0) is 109 Å². The molecule has 0 aliphatic carbocycles. The maximum Gasteiger partial charge on any atom is 0.472 e. The van der Waals surface area contributed by atoms with Gasteiger partial charge in [-0.25, -0.2) is 4.57 Å². The normalized spacial score (nSPS) is 14.1. The van der Waals surface area contributed by atoms with E-state index in [2.05, 4.69) is 111 Å². The summed E-state index contributed by atoms with van der Waals surface area (Å²) in [7, 11) is 1.48. The van der Waals surface area contributed by atoms with Crippen LogP contribution in [0.5, 0.6) is 0 Å². The molecule has 3 unspecified atom stereocenters.